The first-order valence-corrected chi connectivity index (χ1v) is 3.63. The summed E-state index contributed by atoms with van der Waals surface area (Å²) >= 11 is 0. The third kappa shape index (κ3) is 2.23. The molecule has 1 rings (SSSR count). The number of carbonyl (C=O) groups excluding carboxylic acids is 1. The van der Waals surface area contributed by atoms with Crippen molar-refractivity contribution >= 4 is 6.03 Å². The zero-order valence-electron chi connectivity index (χ0n) is 6.87. The van der Waals surface area contributed by atoms with Gasteiger partial charge in [-0.05, 0) is 24.1 Å². The van der Waals surface area contributed by atoms with E-state index >= 15 is 0 Å². The summed E-state index contributed by atoms with van der Waals surface area (Å²) < 4.78 is 0. The van der Waals surface area contributed by atoms with Crippen LogP contribution in [-0.2, 0) is 6.54 Å². The van der Waals surface area contributed by atoms with Crippen molar-refractivity contribution in [2.75, 3.05) is 0 Å². The van der Waals surface area contributed by atoms with Crippen molar-refractivity contribution in [1.82, 2.24) is 10.3 Å². The maximum Gasteiger partial charge on any atom is 0.312 e. The first-order valence-electron chi connectivity index (χ1n) is 3.63. The smallest absolute Gasteiger partial charge is 0.312 e. The minimum absolute atomic E-state index is 0.439. The summed E-state index contributed by atoms with van der Waals surface area (Å²) in [6.07, 6.45) is 3.42. The summed E-state index contributed by atoms with van der Waals surface area (Å²) in [4.78, 5) is 14.3. The number of carbonyl (C=O) groups is 1. The van der Waals surface area contributed by atoms with Crippen LogP contribution in [0.3, 0.4) is 0 Å². The number of nitrogens with one attached hydrogen (secondary N) is 1. The summed E-state index contributed by atoms with van der Waals surface area (Å²) in [6.45, 7) is 2.40. The quantitative estimate of drug-likeness (QED) is 0.672. The van der Waals surface area contributed by atoms with Crippen LogP contribution in [0.2, 0.25) is 0 Å². The van der Waals surface area contributed by atoms with Crippen molar-refractivity contribution in [3.05, 3.63) is 29.6 Å². The van der Waals surface area contributed by atoms with Gasteiger partial charge in [-0.15, -0.1) is 0 Å². The second kappa shape index (κ2) is 3.71. The van der Waals surface area contributed by atoms with E-state index in [0.29, 0.717) is 6.54 Å². The van der Waals surface area contributed by atoms with Gasteiger partial charge in [0.15, 0.2) is 0 Å². The third-order valence-corrected chi connectivity index (χ3v) is 1.60. The van der Waals surface area contributed by atoms with Crippen LogP contribution >= 0.6 is 0 Å². The standard InChI is InChI=1S/C8H11N3O/c1-6-2-3-10-4-7(6)5-11-8(9)12/h2-4H,5H2,1H3,(H3,9,11,12). The van der Waals surface area contributed by atoms with Crippen molar-refractivity contribution in [2.24, 2.45) is 5.73 Å². The maximum atomic E-state index is 10.4. The van der Waals surface area contributed by atoms with E-state index in [4.69, 9.17) is 5.73 Å². The number of aryl methyl sites for hydroxylation is 1. The Morgan fingerprint density at radius 1 is 1.75 bits per heavy atom. The van der Waals surface area contributed by atoms with E-state index in [1.807, 2.05) is 13.0 Å². The molecule has 0 saturated carbocycles. The zero-order chi connectivity index (χ0) is 8.97. The van der Waals surface area contributed by atoms with Gasteiger partial charge in [0.1, 0.15) is 0 Å². The first kappa shape index (κ1) is 8.52. The molecule has 4 nitrogen and oxygen atoms in total. The molecule has 0 atom stereocenters. The highest BCUT2D eigenvalue weighted by Crippen LogP contribution is 2.03. The minimum Gasteiger partial charge on any atom is -0.352 e. The van der Waals surface area contributed by atoms with Gasteiger partial charge in [-0.2, -0.15) is 0 Å². The molecular weight excluding hydrogens is 154 g/mol. The van der Waals surface area contributed by atoms with Gasteiger partial charge in [0.25, 0.3) is 0 Å². The number of hydrogen-bond donors (Lipinski definition) is 2. The second-order valence-electron chi connectivity index (χ2n) is 2.52. The largest absolute Gasteiger partial charge is 0.352 e. The van der Waals surface area contributed by atoms with Crippen molar-refractivity contribution in [2.45, 2.75) is 13.5 Å². The molecule has 0 unspecified atom stereocenters. The van der Waals surface area contributed by atoms with Crippen LogP contribution in [0.25, 0.3) is 0 Å². The SMILES string of the molecule is Cc1ccncc1CNC(N)=O. The Morgan fingerprint density at radius 2 is 2.50 bits per heavy atom. The first-order chi connectivity index (χ1) is 5.70. The normalized spacial score (nSPS) is 9.42. The van der Waals surface area contributed by atoms with E-state index in [-0.39, 0.29) is 0 Å². The topological polar surface area (TPSA) is 68.0 Å². The maximum absolute atomic E-state index is 10.4. The number of aromatic nitrogens is 1. The molecule has 0 fully saturated rings. The number of primary amides is 1. The predicted octanol–water partition coefficient (Wildman–Crippen LogP) is 0.558. The zero-order valence-corrected chi connectivity index (χ0v) is 6.87. The molecule has 0 aliphatic rings. The third-order valence-electron chi connectivity index (χ3n) is 1.60. The van der Waals surface area contributed by atoms with Gasteiger partial charge >= 0.3 is 6.03 Å². The molecule has 1 aromatic rings. The van der Waals surface area contributed by atoms with Gasteiger partial charge in [0, 0.05) is 18.9 Å². The molecule has 0 aliphatic heterocycles. The fraction of sp³-hybridized carbons (Fsp3) is 0.250. The number of amides is 2. The van der Waals surface area contributed by atoms with E-state index < -0.39 is 6.03 Å². The lowest BCUT2D eigenvalue weighted by atomic mass is 10.2. The fourth-order valence-corrected chi connectivity index (χ4v) is 0.864. The Kier molecular flexibility index (Phi) is 2.63. The summed E-state index contributed by atoms with van der Waals surface area (Å²) in [6, 6.07) is 1.37. The molecule has 0 saturated heterocycles. The van der Waals surface area contributed by atoms with Crippen LogP contribution in [0.1, 0.15) is 11.1 Å². The molecule has 0 bridgehead atoms. The summed E-state index contributed by atoms with van der Waals surface area (Å²) in [5, 5.41) is 2.50. The monoisotopic (exact) mass is 165 g/mol. The van der Waals surface area contributed by atoms with Crippen LogP contribution in [0, 0.1) is 6.92 Å². The lowest BCUT2D eigenvalue weighted by Gasteiger charge is -2.03. The molecule has 3 N–H and O–H groups in total. The Balaban J connectivity index is 2.63. The molecule has 12 heavy (non-hydrogen) atoms. The fourth-order valence-electron chi connectivity index (χ4n) is 0.864. The number of rotatable bonds is 2. The Bertz CT molecular complexity index is 285. The minimum atomic E-state index is -0.516. The lowest BCUT2D eigenvalue weighted by molar-refractivity contribution is 0.248. The van der Waals surface area contributed by atoms with Crippen LogP contribution in [-0.4, -0.2) is 11.0 Å². The number of urea groups is 1. The predicted molar refractivity (Wildman–Crippen MR) is 45.4 cm³/mol. The van der Waals surface area contributed by atoms with Crippen LogP contribution < -0.4 is 11.1 Å². The van der Waals surface area contributed by atoms with Crippen molar-refractivity contribution < 1.29 is 4.79 Å². The van der Waals surface area contributed by atoms with Gasteiger partial charge in [-0.25, -0.2) is 4.79 Å². The van der Waals surface area contributed by atoms with Crippen LogP contribution in [0.4, 0.5) is 4.79 Å². The molecule has 1 aromatic heterocycles. The molecule has 4 heteroatoms. The highest BCUT2D eigenvalue weighted by atomic mass is 16.2. The molecule has 1 heterocycles. The number of hydrogen-bond acceptors (Lipinski definition) is 2. The number of nitrogens with two attached hydrogens (primary N) is 1. The van der Waals surface area contributed by atoms with Crippen molar-refractivity contribution in [3.8, 4) is 0 Å². The van der Waals surface area contributed by atoms with Crippen LogP contribution in [0.15, 0.2) is 18.5 Å². The second-order valence-corrected chi connectivity index (χ2v) is 2.52. The van der Waals surface area contributed by atoms with E-state index in [9.17, 15) is 4.79 Å². The molecule has 0 radical (unpaired) electrons. The Morgan fingerprint density at radius 3 is 3.08 bits per heavy atom. The Hall–Kier alpha value is -1.58. The van der Waals surface area contributed by atoms with E-state index in [2.05, 4.69) is 10.3 Å². The number of pyridine rings is 1. The van der Waals surface area contributed by atoms with Gasteiger partial charge < -0.3 is 11.1 Å². The molecule has 0 aliphatic carbocycles. The van der Waals surface area contributed by atoms with Crippen molar-refractivity contribution in [1.29, 1.82) is 0 Å². The highest BCUT2D eigenvalue weighted by molar-refractivity contribution is 5.71. The van der Waals surface area contributed by atoms with E-state index in [0.717, 1.165) is 11.1 Å². The van der Waals surface area contributed by atoms with Crippen molar-refractivity contribution in [3.63, 3.8) is 0 Å². The molecule has 0 spiro atoms. The average Bonchev–Trinajstić information content (AvgIpc) is 2.03. The summed E-state index contributed by atoms with van der Waals surface area (Å²) in [5.41, 5.74) is 7.00. The lowest BCUT2D eigenvalue weighted by Crippen LogP contribution is -2.28. The van der Waals surface area contributed by atoms with E-state index in [1.165, 1.54) is 0 Å². The highest BCUT2D eigenvalue weighted by Gasteiger charge is 1.97. The van der Waals surface area contributed by atoms with Gasteiger partial charge in [-0.1, -0.05) is 0 Å². The average molecular weight is 165 g/mol. The molecular formula is C8H11N3O. The molecule has 64 valence electrons. The molecule has 2 amide bonds. The summed E-state index contributed by atoms with van der Waals surface area (Å²) in [5.74, 6) is 0. The Labute approximate surface area is 70.8 Å². The van der Waals surface area contributed by atoms with Crippen LogP contribution in [0.5, 0.6) is 0 Å². The van der Waals surface area contributed by atoms with Gasteiger partial charge in [0.2, 0.25) is 0 Å². The molecule has 0 aromatic carbocycles. The van der Waals surface area contributed by atoms with E-state index in [1.54, 1.807) is 12.4 Å². The van der Waals surface area contributed by atoms with Gasteiger partial charge in [0.05, 0.1) is 0 Å². The summed E-state index contributed by atoms with van der Waals surface area (Å²) in [7, 11) is 0. The van der Waals surface area contributed by atoms with Gasteiger partial charge in [-0.3, -0.25) is 4.98 Å². The number of nitrogens with zero attached hydrogens (tertiary/aromatic N) is 1.